The summed E-state index contributed by atoms with van der Waals surface area (Å²) in [5.41, 5.74) is 0. The first-order chi connectivity index (χ1) is 4.31. The Morgan fingerprint density at radius 1 is 1.56 bits per heavy atom. The first-order valence-electron chi connectivity index (χ1n) is 3.40. The molecule has 0 bridgehead atoms. The van der Waals surface area contributed by atoms with Crippen molar-refractivity contribution >= 4 is 0 Å². The molecule has 0 aliphatic carbocycles. The Morgan fingerprint density at radius 3 is 2.67 bits per heavy atom. The monoisotopic (exact) mass is 122 g/mol. The van der Waals surface area contributed by atoms with Crippen LogP contribution in [0.1, 0.15) is 27.2 Å². The molecule has 9 heavy (non-hydrogen) atoms. The van der Waals surface area contributed by atoms with E-state index in [0.29, 0.717) is 5.92 Å². The van der Waals surface area contributed by atoms with Crippen LogP contribution in [0, 0.1) is 17.8 Å². The molecule has 0 aromatic rings. The fraction of sp³-hybridized carbons (Fsp3) is 0.556. The summed E-state index contributed by atoms with van der Waals surface area (Å²) in [4.78, 5) is 0. The Bertz CT molecular complexity index is 132. The predicted molar refractivity (Wildman–Crippen MR) is 42.0 cm³/mol. The van der Waals surface area contributed by atoms with Crippen molar-refractivity contribution in [1.82, 2.24) is 0 Å². The highest BCUT2D eigenvalue weighted by Gasteiger charge is 1.86. The summed E-state index contributed by atoms with van der Waals surface area (Å²) in [6.07, 6.45) is 5.26. The molecule has 0 aromatic heterocycles. The maximum Gasteiger partial charge on any atom is -0.00235 e. The Kier molecular flexibility index (Phi) is 5.01. The van der Waals surface area contributed by atoms with Crippen molar-refractivity contribution in [3.63, 3.8) is 0 Å². The molecule has 0 heterocycles. The molecule has 0 aliphatic heterocycles. The van der Waals surface area contributed by atoms with Crippen LogP contribution < -0.4 is 0 Å². The predicted octanol–water partition coefficient (Wildman–Crippen LogP) is 2.61. The van der Waals surface area contributed by atoms with Gasteiger partial charge in [0.05, 0.1) is 0 Å². The molecule has 0 aromatic carbocycles. The lowest BCUT2D eigenvalue weighted by atomic mass is 10.1. The van der Waals surface area contributed by atoms with Crippen molar-refractivity contribution in [2.24, 2.45) is 5.92 Å². The number of allylic oxidation sites excluding steroid dienone is 2. The van der Waals surface area contributed by atoms with E-state index in [-0.39, 0.29) is 0 Å². The Labute approximate surface area is 58.0 Å². The highest BCUT2D eigenvalue weighted by molar-refractivity contribution is 5.14. The second kappa shape index (κ2) is 5.44. The van der Waals surface area contributed by atoms with E-state index in [1.165, 1.54) is 6.42 Å². The van der Waals surface area contributed by atoms with Crippen LogP contribution >= 0.6 is 0 Å². The Balaban J connectivity index is 3.52. The highest BCUT2D eigenvalue weighted by atomic mass is 13.9. The normalized spacial score (nSPS) is 12.8. The van der Waals surface area contributed by atoms with Crippen LogP contribution in [0.4, 0.5) is 0 Å². The average molecular weight is 122 g/mol. The smallest absolute Gasteiger partial charge is 0.00235 e. The number of hydrogen-bond donors (Lipinski definition) is 0. The summed E-state index contributed by atoms with van der Waals surface area (Å²) in [6.45, 7) is 6.21. The van der Waals surface area contributed by atoms with Gasteiger partial charge in [-0.15, -0.1) is 5.92 Å². The van der Waals surface area contributed by atoms with Gasteiger partial charge in [0.2, 0.25) is 0 Å². The van der Waals surface area contributed by atoms with E-state index in [4.69, 9.17) is 0 Å². The number of rotatable bonds is 2. The molecule has 0 rings (SSSR count). The zero-order valence-electron chi connectivity index (χ0n) is 6.44. The van der Waals surface area contributed by atoms with E-state index >= 15 is 0 Å². The molecular weight excluding hydrogens is 108 g/mol. The van der Waals surface area contributed by atoms with E-state index in [0.717, 1.165) is 0 Å². The lowest BCUT2D eigenvalue weighted by Crippen LogP contribution is -1.82. The van der Waals surface area contributed by atoms with Crippen LogP contribution in [-0.2, 0) is 0 Å². The maximum atomic E-state index is 2.88. The van der Waals surface area contributed by atoms with Crippen LogP contribution in [0.2, 0.25) is 0 Å². The third-order valence-corrected chi connectivity index (χ3v) is 1.30. The molecule has 0 aliphatic rings. The van der Waals surface area contributed by atoms with Crippen LogP contribution in [0.15, 0.2) is 12.2 Å². The van der Waals surface area contributed by atoms with Gasteiger partial charge in [0.15, 0.2) is 0 Å². The summed E-state index contributed by atoms with van der Waals surface area (Å²) in [6, 6.07) is 0. The summed E-state index contributed by atoms with van der Waals surface area (Å²) in [7, 11) is 0. The van der Waals surface area contributed by atoms with Gasteiger partial charge in [-0.05, 0) is 18.9 Å². The summed E-state index contributed by atoms with van der Waals surface area (Å²) in [5, 5.41) is 0. The molecule has 0 fully saturated rings. The van der Waals surface area contributed by atoms with Crippen LogP contribution in [0.25, 0.3) is 0 Å². The van der Waals surface area contributed by atoms with Gasteiger partial charge in [-0.1, -0.05) is 32.3 Å². The molecule has 0 N–H and O–H groups in total. The van der Waals surface area contributed by atoms with Crippen molar-refractivity contribution in [2.45, 2.75) is 27.2 Å². The van der Waals surface area contributed by atoms with Gasteiger partial charge in [-0.3, -0.25) is 0 Å². The SMILES string of the molecule is CC#C/C=C\C(C)CC. The van der Waals surface area contributed by atoms with E-state index in [9.17, 15) is 0 Å². The topological polar surface area (TPSA) is 0 Å². The van der Waals surface area contributed by atoms with E-state index in [2.05, 4.69) is 31.8 Å². The van der Waals surface area contributed by atoms with Crippen molar-refractivity contribution < 1.29 is 0 Å². The minimum absolute atomic E-state index is 0.672. The molecule has 1 unspecified atom stereocenters. The van der Waals surface area contributed by atoms with Gasteiger partial charge < -0.3 is 0 Å². The van der Waals surface area contributed by atoms with Crippen LogP contribution in [-0.4, -0.2) is 0 Å². The Morgan fingerprint density at radius 2 is 2.22 bits per heavy atom. The molecule has 0 radical (unpaired) electrons. The second-order valence-electron chi connectivity index (χ2n) is 2.14. The van der Waals surface area contributed by atoms with Crippen molar-refractivity contribution in [3.05, 3.63) is 12.2 Å². The zero-order chi connectivity index (χ0) is 7.11. The van der Waals surface area contributed by atoms with E-state index < -0.39 is 0 Å². The highest BCUT2D eigenvalue weighted by Crippen LogP contribution is 2.00. The molecule has 0 heteroatoms. The summed E-state index contributed by atoms with van der Waals surface area (Å²) < 4.78 is 0. The van der Waals surface area contributed by atoms with Gasteiger partial charge in [-0.2, -0.15) is 0 Å². The second-order valence-corrected chi connectivity index (χ2v) is 2.14. The molecule has 0 amide bonds. The first-order valence-corrected chi connectivity index (χ1v) is 3.40. The molecule has 0 nitrogen and oxygen atoms in total. The van der Waals surface area contributed by atoms with Crippen molar-refractivity contribution in [2.75, 3.05) is 0 Å². The Hall–Kier alpha value is -0.700. The third-order valence-electron chi connectivity index (χ3n) is 1.30. The van der Waals surface area contributed by atoms with Crippen molar-refractivity contribution in [3.8, 4) is 11.8 Å². The first kappa shape index (κ1) is 8.30. The van der Waals surface area contributed by atoms with Crippen molar-refractivity contribution in [1.29, 1.82) is 0 Å². The quantitative estimate of drug-likeness (QED) is 0.494. The molecule has 0 saturated carbocycles. The maximum absolute atomic E-state index is 2.88. The molecule has 0 spiro atoms. The third kappa shape index (κ3) is 5.17. The van der Waals surface area contributed by atoms with Gasteiger partial charge >= 0.3 is 0 Å². The largest absolute Gasteiger partial charge is 0.102 e. The summed E-state index contributed by atoms with van der Waals surface area (Å²) in [5.74, 6) is 6.37. The van der Waals surface area contributed by atoms with Gasteiger partial charge in [0.25, 0.3) is 0 Å². The molecule has 0 saturated heterocycles. The van der Waals surface area contributed by atoms with Gasteiger partial charge in [0.1, 0.15) is 0 Å². The van der Waals surface area contributed by atoms with Gasteiger partial charge in [0, 0.05) is 0 Å². The fourth-order valence-electron chi connectivity index (χ4n) is 0.432. The minimum atomic E-state index is 0.672. The van der Waals surface area contributed by atoms with Crippen LogP contribution in [0.3, 0.4) is 0 Å². The average Bonchev–Trinajstić information content (AvgIpc) is 1.89. The minimum Gasteiger partial charge on any atom is -0.102 e. The molecule has 1 atom stereocenters. The van der Waals surface area contributed by atoms with E-state index in [1.807, 2.05) is 13.0 Å². The molecule has 50 valence electrons. The summed E-state index contributed by atoms with van der Waals surface area (Å²) >= 11 is 0. The lowest BCUT2D eigenvalue weighted by molar-refractivity contribution is 0.698. The fourth-order valence-corrected chi connectivity index (χ4v) is 0.432. The lowest BCUT2D eigenvalue weighted by Gasteiger charge is -1.95. The standard InChI is InChI=1S/C9H14/c1-4-6-7-8-9(3)5-2/h7-9H,5H2,1-3H3/b8-7-. The van der Waals surface area contributed by atoms with Crippen LogP contribution in [0.5, 0.6) is 0 Å². The van der Waals surface area contributed by atoms with E-state index in [1.54, 1.807) is 0 Å². The molecular formula is C9H14. The number of hydrogen-bond acceptors (Lipinski definition) is 0. The zero-order valence-corrected chi connectivity index (χ0v) is 6.44. The van der Waals surface area contributed by atoms with Gasteiger partial charge in [-0.25, -0.2) is 0 Å².